The van der Waals surface area contributed by atoms with Crippen LogP contribution in [0.3, 0.4) is 0 Å². The van der Waals surface area contributed by atoms with Crippen molar-refractivity contribution in [1.29, 1.82) is 0 Å². The molecule has 1 saturated heterocycles. The molecule has 1 aliphatic rings. The summed E-state index contributed by atoms with van der Waals surface area (Å²) >= 11 is 2.04. The van der Waals surface area contributed by atoms with Crippen LogP contribution in [0.25, 0.3) is 0 Å². The molecule has 0 atom stereocenters. The maximum absolute atomic E-state index is 4.09. The van der Waals surface area contributed by atoms with Gasteiger partial charge < -0.3 is 4.90 Å². The Balaban J connectivity index is 1.72. The Morgan fingerprint density at radius 2 is 2.38 bits per heavy atom. The lowest BCUT2D eigenvalue weighted by molar-refractivity contribution is 0.328. The third-order valence-electron chi connectivity index (χ3n) is 2.18. The predicted octanol–water partition coefficient (Wildman–Crippen LogP) is 1.01. The van der Waals surface area contributed by atoms with E-state index >= 15 is 0 Å². The van der Waals surface area contributed by atoms with Crippen LogP contribution in [-0.2, 0) is 0 Å². The molecule has 1 aromatic heterocycles. The van der Waals surface area contributed by atoms with E-state index in [2.05, 4.69) is 21.5 Å². The van der Waals surface area contributed by atoms with E-state index < -0.39 is 0 Å². The Hall–Kier alpha value is -0.480. The van der Waals surface area contributed by atoms with Gasteiger partial charge in [0, 0.05) is 43.8 Å². The van der Waals surface area contributed by atoms with Gasteiger partial charge in [-0.05, 0) is 6.07 Å². The van der Waals surface area contributed by atoms with Crippen molar-refractivity contribution in [3.8, 4) is 0 Å². The fraction of sp³-hybridized carbons (Fsp3) is 0.556. The fourth-order valence-corrected chi connectivity index (χ4v) is 2.37. The van der Waals surface area contributed by atoms with E-state index in [1.807, 2.05) is 24.0 Å². The summed E-state index contributed by atoms with van der Waals surface area (Å²) in [6.45, 7) is 3.46. The summed E-state index contributed by atoms with van der Waals surface area (Å²) in [4.78, 5) is 2.46. The van der Waals surface area contributed by atoms with E-state index in [0.29, 0.717) is 0 Å². The van der Waals surface area contributed by atoms with Gasteiger partial charge in [0.25, 0.3) is 0 Å². The number of aromatic nitrogens is 2. The van der Waals surface area contributed by atoms with Crippen molar-refractivity contribution < 1.29 is 0 Å². The van der Waals surface area contributed by atoms with Crippen LogP contribution in [0.2, 0.25) is 0 Å². The Labute approximate surface area is 82.9 Å². The molecule has 0 amide bonds. The smallest absolute Gasteiger partial charge is 0.0672 e. The summed E-state index contributed by atoms with van der Waals surface area (Å²) in [5.74, 6) is 2.54. The van der Waals surface area contributed by atoms with Crippen LogP contribution >= 0.6 is 11.8 Å². The summed E-state index contributed by atoms with van der Waals surface area (Å²) in [6.07, 6.45) is 4.03. The third-order valence-corrected chi connectivity index (χ3v) is 3.13. The second kappa shape index (κ2) is 4.67. The Bertz CT molecular complexity index is 229. The van der Waals surface area contributed by atoms with Crippen molar-refractivity contribution in [3.05, 3.63) is 24.4 Å². The molecule has 3 nitrogen and oxygen atoms in total. The number of aromatic amines is 1. The lowest BCUT2D eigenvalue weighted by Gasteiger charge is -2.25. The number of hydrogen-bond donors (Lipinski definition) is 1. The van der Waals surface area contributed by atoms with Crippen molar-refractivity contribution in [1.82, 2.24) is 15.1 Å². The lowest BCUT2D eigenvalue weighted by atomic mass is 10.3. The van der Waals surface area contributed by atoms with Gasteiger partial charge >= 0.3 is 0 Å². The Kier molecular flexibility index (Phi) is 3.27. The molecular formula is C9H14N3S. The largest absolute Gasteiger partial charge is 0.301 e. The number of nitrogens with one attached hydrogen (secondary N) is 1. The molecule has 4 heteroatoms. The van der Waals surface area contributed by atoms with Gasteiger partial charge in [-0.1, -0.05) is 0 Å². The second-order valence-electron chi connectivity index (χ2n) is 3.12. The molecule has 0 aromatic carbocycles. The van der Waals surface area contributed by atoms with Crippen molar-refractivity contribution in [2.45, 2.75) is 0 Å². The van der Waals surface area contributed by atoms with Crippen molar-refractivity contribution in [2.24, 2.45) is 0 Å². The van der Waals surface area contributed by atoms with Crippen molar-refractivity contribution in [2.75, 3.05) is 31.1 Å². The highest BCUT2D eigenvalue weighted by atomic mass is 32.2. The summed E-state index contributed by atoms with van der Waals surface area (Å²) in [5, 5.41) is 6.90. The lowest BCUT2D eigenvalue weighted by Crippen LogP contribution is -2.33. The quantitative estimate of drug-likeness (QED) is 0.783. The zero-order valence-corrected chi connectivity index (χ0v) is 8.39. The summed E-state index contributed by atoms with van der Waals surface area (Å²) in [7, 11) is 0. The van der Waals surface area contributed by atoms with Crippen LogP contribution in [0.5, 0.6) is 0 Å². The SMILES string of the molecule is [CH](CN1CCSCC1)c1cc[nH]n1. The zero-order valence-electron chi connectivity index (χ0n) is 7.57. The number of nitrogens with zero attached hydrogens (tertiary/aromatic N) is 2. The monoisotopic (exact) mass is 196 g/mol. The summed E-state index contributed by atoms with van der Waals surface area (Å²) in [5.41, 5.74) is 1.05. The van der Waals surface area contributed by atoms with E-state index in [1.54, 1.807) is 0 Å². The molecular weight excluding hydrogens is 182 g/mol. The molecule has 71 valence electrons. The van der Waals surface area contributed by atoms with E-state index in [1.165, 1.54) is 24.6 Å². The molecule has 1 aliphatic heterocycles. The predicted molar refractivity (Wildman–Crippen MR) is 55.8 cm³/mol. The van der Waals surface area contributed by atoms with Crippen LogP contribution in [0.4, 0.5) is 0 Å². The van der Waals surface area contributed by atoms with Gasteiger partial charge in [0.1, 0.15) is 0 Å². The summed E-state index contributed by atoms with van der Waals surface area (Å²) in [6, 6.07) is 2.00. The van der Waals surface area contributed by atoms with Gasteiger partial charge in [0.2, 0.25) is 0 Å². The minimum atomic E-state index is 1.03. The molecule has 1 aromatic rings. The number of rotatable bonds is 3. The highest BCUT2D eigenvalue weighted by Gasteiger charge is 2.10. The molecule has 1 fully saturated rings. The maximum Gasteiger partial charge on any atom is 0.0672 e. The molecule has 0 saturated carbocycles. The van der Waals surface area contributed by atoms with Crippen LogP contribution in [0.15, 0.2) is 12.3 Å². The molecule has 2 heterocycles. The first-order chi connectivity index (χ1) is 6.45. The number of thioether (sulfide) groups is 1. The van der Waals surface area contributed by atoms with Crippen LogP contribution in [-0.4, -0.2) is 46.2 Å². The van der Waals surface area contributed by atoms with Gasteiger partial charge in [0.05, 0.1) is 5.69 Å². The van der Waals surface area contributed by atoms with E-state index in [4.69, 9.17) is 0 Å². The molecule has 0 unspecified atom stereocenters. The Morgan fingerprint density at radius 1 is 1.54 bits per heavy atom. The molecule has 0 bridgehead atoms. The normalized spacial score (nSPS) is 19.1. The van der Waals surface area contributed by atoms with E-state index in [-0.39, 0.29) is 0 Å². The first-order valence-electron chi connectivity index (χ1n) is 4.58. The highest BCUT2D eigenvalue weighted by molar-refractivity contribution is 7.99. The fourth-order valence-electron chi connectivity index (χ4n) is 1.39. The van der Waals surface area contributed by atoms with Crippen LogP contribution < -0.4 is 0 Å². The van der Waals surface area contributed by atoms with Crippen molar-refractivity contribution in [3.63, 3.8) is 0 Å². The molecule has 2 rings (SSSR count). The molecule has 0 aliphatic carbocycles. The number of hydrogen-bond acceptors (Lipinski definition) is 3. The minimum Gasteiger partial charge on any atom is -0.301 e. The van der Waals surface area contributed by atoms with Crippen LogP contribution in [0.1, 0.15) is 5.69 Å². The van der Waals surface area contributed by atoms with E-state index in [0.717, 1.165) is 12.2 Å². The van der Waals surface area contributed by atoms with Crippen LogP contribution in [0, 0.1) is 6.42 Å². The second-order valence-corrected chi connectivity index (χ2v) is 4.34. The molecule has 0 spiro atoms. The summed E-state index contributed by atoms with van der Waals surface area (Å²) < 4.78 is 0. The van der Waals surface area contributed by atoms with Gasteiger partial charge in [-0.3, -0.25) is 5.10 Å². The third kappa shape index (κ3) is 2.74. The topological polar surface area (TPSA) is 31.9 Å². The van der Waals surface area contributed by atoms with Gasteiger partial charge in [-0.15, -0.1) is 0 Å². The molecule has 1 N–H and O–H groups in total. The molecule has 1 radical (unpaired) electrons. The Morgan fingerprint density at radius 3 is 3.08 bits per heavy atom. The van der Waals surface area contributed by atoms with Gasteiger partial charge in [-0.25, -0.2) is 0 Å². The first kappa shape index (κ1) is 9.09. The minimum absolute atomic E-state index is 1.03. The average Bonchev–Trinajstić information content (AvgIpc) is 2.69. The van der Waals surface area contributed by atoms with Gasteiger partial charge in [-0.2, -0.15) is 16.9 Å². The zero-order chi connectivity index (χ0) is 8.93. The van der Waals surface area contributed by atoms with Crippen molar-refractivity contribution >= 4 is 11.8 Å². The first-order valence-corrected chi connectivity index (χ1v) is 5.74. The molecule has 13 heavy (non-hydrogen) atoms. The standard InChI is InChI=1S/C9H14N3S/c1-3-10-11-9(1)2-4-12-5-7-13-8-6-12/h1-3H,4-8H2,(H,10,11). The highest BCUT2D eigenvalue weighted by Crippen LogP contribution is 2.09. The average molecular weight is 196 g/mol. The number of H-pyrrole nitrogens is 1. The maximum atomic E-state index is 4.09. The van der Waals surface area contributed by atoms with Gasteiger partial charge in [0.15, 0.2) is 0 Å². The van der Waals surface area contributed by atoms with E-state index in [9.17, 15) is 0 Å².